The molecule has 23 heteroatoms. The number of fused-ring (bicyclic) bond motifs is 3. The minimum atomic E-state index is -2.48. The van der Waals surface area contributed by atoms with E-state index >= 15 is 0 Å². The maximum absolute atomic E-state index is 14.7. The topological polar surface area (TPSA) is 277 Å². The van der Waals surface area contributed by atoms with Crippen LogP contribution in [0.5, 0.6) is 0 Å². The Morgan fingerprint density at radius 3 is 2.10 bits per heavy atom. The molecule has 1 aliphatic carbocycles. The van der Waals surface area contributed by atoms with Crippen molar-refractivity contribution in [1.82, 2.24) is 4.90 Å². The first-order chi connectivity index (χ1) is 42.9. The van der Waals surface area contributed by atoms with Gasteiger partial charge in [-0.25, -0.2) is 9.59 Å². The molecule has 4 aliphatic rings. The molecule has 4 N–H and O–H groups in total. The van der Waals surface area contributed by atoms with Gasteiger partial charge in [-0.05, 0) is 194 Å². The van der Waals surface area contributed by atoms with Crippen molar-refractivity contribution in [2.45, 2.75) is 220 Å². The van der Waals surface area contributed by atoms with Crippen LogP contribution in [0.15, 0.2) is 47.6 Å². The van der Waals surface area contributed by atoms with Gasteiger partial charge in [0.15, 0.2) is 0 Å². The fraction of sp³-hybridized carbons (Fsp3) is 0.662. The number of aliphatic hydroxyl groups excluding tert-OH is 1. The van der Waals surface area contributed by atoms with E-state index in [2.05, 4.69) is 10.6 Å². The first-order valence-corrected chi connectivity index (χ1v) is 35.3. The van der Waals surface area contributed by atoms with Crippen LogP contribution >= 0.6 is 67.8 Å². The first kappa shape index (κ1) is 77.7. The highest BCUT2D eigenvalue weighted by atomic mass is 127. The number of aliphatic hydroxyl groups is 2. The Bertz CT molecular complexity index is 2870. The zero-order valence-electron chi connectivity index (χ0n) is 54.9. The van der Waals surface area contributed by atoms with Crippen LogP contribution in [-0.4, -0.2) is 144 Å². The van der Waals surface area contributed by atoms with E-state index < -0.39 is 102 Å². The van der Waals surface area contributed by atoms with Crippen molar-refractivity contribution in [2.75, 3.05) is 38.0 Å². The number of nitrogens with zero attached hydrogens (tertiary/aromatic N) is 1. The molecule has 20 nitrogen and oxygen atoms in total. The number of amides is 3. The van der Waals surface area contributed by atoms with E-state index in [-0.39, 0.29) is 79.1 Å². The van der Waals surface area contributed by atoms with E-state index in [0.29, 0.717) is 111 Å². The first-order valence-electron chi connectivity index (χ1n) is 32.0. The number of cyclic esters (lactones) is 1. The van der Waals surface area contributed by atoms with Gasteiger partial charge < -0.3 is 54.2 Å². The second kappa shape index (κ2) is 36.8. The van der Waals surface area contributed by atoms with Gasteiger partial charge in [0.1, 0.15) is 29.8 Å². The maximum atomic E-state index is 14.7. The second-order valence-corrected chi connectivity index (χ2v) is 28.8. The minimum absolute atomic E-state index is 0.0143. The number of unbranched alkanes of at least 4 members (excludes halogenated alkanes) is 2. The van der Waals surface area contributed by atoms with Crippen molar-refractivity contribution in [3.8, 4) is 0 Å². The smallest absolute Gasteiger partial charge is 0.340 e. The third-order valence-corrected chi connectivity index (χ3v) is 21.5. The average molecular weight is 1610 g/mol. The lowest BCUT2D eigenvalue weighted by atomic mass is 9.78. The van der Waals surface area contributed by atoms with Gasteiger partial charge in [-0.15, -0.1) is 0 Å². The van der Waals surface area contributed by atoms with E-state index in [1.54, 1.807) is 48.0 Å². The Balaban J connectivity index is 1.29. The molecule has 1 saturated carbocycles. The molecule has 3 fully saturated rings. The number of halogens is 3. The number of Topliss-reactive ketones (excluding diaryl/α,β-unsaturated/α-hetero) is 3. The molecule has 0 spiro atoms. The van der Waals surface area contributed by atoms with Crippen molar-refractivity contribution >= 4 is 132 Å². The van der Waals surface area contributed by atoms with Crippen LogP contribution in [-0.2, 0) is 66.8 Å². The number of nitrogens with one attached hydrogen (secondary N) is 2. The zero-order chi connectivity index (χ0) is 67.6. The molecule has 5 rings (SSSR count). The number of ketones is 3. The van der Waals surface area contributed by atoms with E-state index in [4.69, 9.17) is 28.4 Å². The number of ether oxygens (including phenoxy) is 6. The Hall–Kier alpha value is -4.00. The fourth-order valence-corrected chi connectivity index (χ4v) is 16.9. The number of rotatable bonds is 15. The van der Waals surface area contributed by atoms with Crippen LogP contribution in [0.25, 0.3) is 0 Å². The summed E-state index contributed by atoms with van der Waals surface area (Å²) >= 11 is 5.97. The lowest BCUT2D eigenvalue weighted by Gasteiger charge is -2.42. The number of piperidine rings is 1. The van der Waals surface area contributed by atoms with Gasteiger partial charge in [0, 0.05) is 77.5 Å². The molecule has 1 aromatic carbocycles. The molecule has 2 bridgehead atoms. The second-order valence-electron chi connectivity index (χ2n) is 25.6. The van der Waals surface area contributed by atoms with Crippen molar-refractivity contribution in [3.05, 3.63) is 63.9 Å². The molecule has 0 unspecified atom stereocenters. The molecule has 3 aliphatic heterocycles. The Morgan fingerprint density at radius 2 is 1.46 bits per heavy atom. The lowest BCUT2D eigenvalue weighted by Crippen LogP contribution is -2.61. The summed E-state index contributed by atoms with van der Waals surface area (Å²) in [6, 6.07) is -1.20. The number of methoxy groups -OCH3 is 2. The summed E-state index contributed by atoms with van der Waals surface area (Å²) in [7, 11) is 3.13. The molecule has 3 heterocycles. The number of hydrogen-bond acceptors (Lipinski definition) is 17. The Labute approximate surface area is 578 Å². The number of carbonyl (C=O) groups is 9. The van der Waals surface area contributed by atoms with Gasteiger partial charge in [0.05, 0.1) is 58.7 Å². The monoisotopic (exact) mass is 1610 g/mol. The van der Waals surface area contributed by atoms with Gasteiger partial charge in [0.2, 0.25) is 17.6 Å². The highest BCUT2D eigenvalue weighted by Crippen LogP contribution is 2.41. The predicted molar refractivity (Wildman–Crippen MR) is 369 cm³/mol. The maximum Gasteiger partial charge on any atom is 0.340 e. The number of allylic oxidation sites excluding steroid dienone is 6. The molecule has 91 heavy (non-hydrogen) atoms. The van der Waals surface area contributed by atoms with E-state index in [1.165, 1.54) is 18.7 Å². The van der Waals surface area contributed by atoms with Gasteiger partial charge in [-0.2, -0.15) is 0 Å². The van der Waals surface area contributed by atoms with E-state index in [1.807, 2.05) is 126 Å². The summed E-state index contributed by atoms with van der Waals surface area (Å²) in [5.41, 5.74) is 2.30. The quantitative estimate of drug-likeness (QED) is 0.0317. The van der Waals surface area contributed by atoms with Crippen LogP contribution in [0.1, 0.15) is 182 Å². The highest BCUT2D eigenvalue weighted by Gasteiger charge is 2.53. The minimum Gasteiger partial charge on any atom is -0.462 e. The predicted octanol–water partition coefficient (Wildman–Crippen LogP) is 11.5. The molecular weight excluding hydrogens is 1510 g/mol. The van der Waals surface area contributed by atoms with Crippen LogP contribution in [0.2, 0.25) is 0 Å². The summed E-state index contributed by atoms with van der Waals surface area (Å²) in [6.07, 6.45) is 13.4. The lowest BCUT2D eigenvalue weighted by molar-refractivity contribution is -0.265. The number of carbonyl (C=O) groups excluding carboxylic acids is 9. The molecule has 3 amide bonds. The molecular formula is C68H96I3N3O17. The molecule has 0 radical (unpaired) electrons. The van der Waals surface area contributed by atoms with Gasteiger partial charge >= 0.3 is 17.9 Å². The van der Waals surface area contributed by atoms with Gasteiger partial charge in [0.25, 0.3) is 11.7 Å². The normalized spacial score (nSPS) is 31.0. The van der Waals surface area contributed by atoms with E-state index in [0.717, 1.165) is 5.57 Å². The average Bonchev–Trinajstić information content (AvgIpc) is 0.848. The number of benzene rings is 1. The van der Waals surface area contributed by atoms with Crippen molar-refractivity contribution < 1.29 is 81.8 Å². The van der Waals surface area contributed by atoms with Crippen LogP contribution in [0.4, 0.5) is 11.4 Å². The van der Waals surface area contributed by atoms with Gasteiger partial charge in [-0.1, -0.05) is 78.0 Å². The third-order valence-electron chi connectivity index (χ3n) is 18.2. The van der Waals surface area contributed by atoms with Crippen molar-refractivity contribution in [3.63, 3.8) is 0 Å². The molecule has 0 aromatic heterocycles. The van der Waals surface area contributed by atoms with Crippen molar-refractivity contribution in [1.29, 1.82) is 0 Å². The van der Waals surface area contributed by atoms with Gasteiger partial charge in [-0.3, -0.25) is 33.6 Å². The summed E-state index contributed by atoms with van der Waals surface area (Å²) in [4.78, 5) is 124. The molecule has 2 saturated heterocycles. The summed E-state index contributed by atoms with van der Waals surface area (Å²) < 4.78 is 37.5. The fourth-order valence-electron chi connectivity index (χ4n) is 12.7. The molecule has 15 atom stereocenters. The standard InChI is InChI=1S/C68H96I3N3O17/c1-37-21-15-13-16-22-38(2)52(86-11)35-48-27-25-43(7)68(85,91-48)64(81)65(82)74-29-19-18-23-49(74)66(83)90-53(36-50(77)39(3)32-42(6)63(80)44(8)62(79)41(5)31-37)40(4)33-47-26-28-51(54(34-47)87-12)89-55(78)24-17-14-20-30-88-67(84)56-57(69)60(72-45(9)75)59(71)61(58(56)70)73-46(10)76/h13,15-16,21-22,32,37,39-41,43-44,47-49,51-54,63,80,85H,14,17-20,23-31,33-36H2,1-12H3,(H,72,75)(H,73,76)/b16-13?,21-15+,38-22?,42-32+/t37-,39-,40-,41-,43-,44+,47+,48+,49+,51-,52+,53+,54-,63-,68-/m1/s1. The summed E-state index contributed by atoms with van der Waals surface area (Å²) in [6.45, 7) is 17.2. The summed E-state index contributed by atoms with van der Waals surface area (Å²) in [5.74, 6) is -10.6. The molecule has 506 valence electrons. The Morgan fingerprint density at radius 1 is 0.791 bits per heavy atom. The largest absolute Gasteiger partial charge is 0.462 e. The highest BCUT2D eigenvalue weighted by molar-refractivity contribution is 14.1. The summed E-state index contributed by atoms with van der Waals surface area (Å²) in [5, 5.41) is 29.1. The van der Waals surface area contributed by atoms with Crippen molar-refractivity contribution in [2.24, 2.45) is 41.4 Å². The van der Waals surface area contributed by atoms with Crippen LogP contribution in [0, 0.1) is 52.1 Å². The SMILES string of the molecule is CO[C@H]1C[C@@H]2CC[C@@H](C)[C@@](O)(O2)C(=O)C(=O)N2CCCC[C@H]2C(=O)O[C@H]([C@H](C)C[C@@H]2CC[C@@H](OC(=O)CCCCCOC(=O)c3c(I)c(NC(C)=O)c(I)c(NC(C)=O)c3I)[C@H](OC)C2)CC(=O)[C@H](C)/C=C(\C)[C@@H](O)[C@@H](C)C(=O)[C@H](C)C[C@H](C)/C=C/C=CC=C1C. The van der Waals surface area contributed by atoms with E-state index in [9.17, 15) is 53.4 Å². The van der Waals surface area contributed by atoms with Crippen LogP contribution < -0.4 is 10.6 Å². The molecule has 1 aromatic rings. The number of esters is 3. The number of anilines is 2. The van der Waals surface area contributed by atoms with Crippen LogP contribution in [0.3, 0.4) is 0 Å². The number of hydrogen-bond donors (Lipinski definition) is 4. The third kappa shape index (κ3) is 21.8. The zero-order valence-corrected chi connectivity index (χ0v) is 61.3. The Kier molecular flexibility index (Phi) is 31.4.